The molecule has 0 amide bonds. The molecule has 1 aromatic heterocycles. The van der Waals surface area contributed by atoms with Crippen molar-refractivity contribution in [1.82, 2.24) is 4.57 Å². The number of benzene rings is 1. The highest BCUT2D eigenvalue weighted by atomic mass is 19.1. The minimum Gasteiger partial charge on any atom is -0.363 e. The van der Waals surface area contributed by atoms with Gasteiger partial charge in [0.1, 0.15) is 5.82 Å². The van der Waals surface area contributed by atoms with Gasteiger partial charge in [0, 0.05) is 36.2 Å². The van der Waals surface area contributed by atoms with Gasteiger partial charge >= 0.3 is 0 Å². The second kappa shape index (κ2) is 5.02. The Hall–Kier alpha value is -2.10. The van der Waals surface area contributed by atoms with Crippen molar-refractivity contribution in [2.75, 3.05) is 18.0 Å². The molecule has 21 heavy (non-hydrogen) atoms. The second-order valence-corrected chi connectivity index (χ2v) is 5.71. The van der Waals surface area contributed by atoms with E-state index in [2.05, 4.69) is 0 Å². The molecule has 1 aliphatic heterocycles. The molecule has 110 valence electrons. The predicted octanol–water partition coefficient (Wildman–Crippen LogP) is 3.03. The van der Waals surface area contributed by atoms with Gasteiger partial charge in [0.05, 0.1) is 6.54 Å². The highest BCUT2D eigenvalue weighted by Gasteiger charge is 2.23. The lowest BCUT2D eigenvalue weighted by atomic mass is 10.1. The van der Waals surface area contributed by atoms with Crippen molar-refractivity contribution in [3.8, 4) is 0 Å². The molecule has 0 spiro atoms. The smallest absolute Gasteiger partial charge is 0.183 e. The number of anilines is 1. The number of rotatable bonds is 3. The van der Waals surface area contributed by atoms with Crippen molar-refractivity contribution in [2.24, 2.45) is 7.05 Å². The summed E-state index contributed by atoms with van der Waals surface area (Å²) in [4.78, 5) is 14.5. The van der Waals surface area contributed by atoms with Crippen LogP contribution in [-0.2, 0) is 13.5 Å². The van der Waals surface area contributed by atoms with Crippen LogP contribution in [-0.4, -0.2) is 23.4 Å². The number of carbonyl (C=O) groups excluding carboxylic acids is 1. The topological polar surface area (TPSA) is 25.2 Å². The Morgan fingerprint density at radius 2 is 2.05 bits per heavy atom. The molecule has 0 aliphatic carbocycles. The first-order chi connectivity index (χ1) is 9.97. The normalized spacial score (nSPS) is 13.6. The number of aryl methyl sites for hydroxylation is 1. The number of hydrogen-bond donors (Lipinski definition) is 0. The molecule has 2 heterocycles. The van der Waals surface area contributed by atoms with Crippen molar-refractivity contribution in [2.45, 2.75) is 20.3 Å². The molecule has 4 heteroatoms. The van der Waals surface area contributed by atoms with Crippen molar-refractivity contribution >= 4 is 11.5 Å². The molecule has 2 aromatic rings. The van der Waals surface area contributed by atoms with Crippen LogP contribution in [0.3, 0.4) is 0 Å². The monoisotopic (exact) mass is 286 g/mol. The first-order valence-corrected chi connectivity index (χ1v) is 7.17. The molecule has 0 saturated heterocycles. The summed E-state index contributed by atoms with van der Waals surface area (Å²) in [6.07, 6.45) is 0.871. The summed E-state index contributed by atoms with van der Waals surface area (Å²) in [6.45, 7) is 5.03. The summed E-state index contributed by atoms with van der Waals surface area (Å²) in [7, 11) is 1.96. The van der Waals surface area contributed by atoms with E-state index in [0.717, 1.165) is 41.2 Å². The second-order valence-electron chi connectivity index (χ2n) is 5.71. The third-order valence-corrected chi connectivity index (χ3v) is 4.45. The number of Topliss-reactive ketones (excluding diaryl/α,β-unsaturated/α-hetero) is 1. The molecule has 3 nitrogen and oxygen atoms in total. The van der Waals surface area contributed by atoms with E-state index in [0.29, 0.717) is 6.54 Å². The summed E-state index contributed by atoms with van der Waals surface area (Å²) < 4.78 is 15.4. The van der Waals surface area contributed by atoms with E-state index in [1.54, 1.807) is 0 Å². The summed E-state index contributed by atoms with van der Waals surface area (Å²) in [6, 6.07) is 6.75. The maximum absolute atomic E-state index is 13.4. The highest BCUT2D eigenvalue weighted by molar-refractivity contribution is 6.00. The van der Waals surface area contributed by atoms with Crippen LogP contribution in [0.1, 0.15) is 27.3 Å². The minimum atomic E-state index is -0.250. The van der Waals surface area contributed by atoms with Crippen LogP contribution < -0.4 is 4.90 Å². The quantitative estimate of drug-likeness (QED) is 0.810. The largest absolute Gasteiger partial charge is 0.363 e. The number of halogens is 1. The van der Waals surface area contributed by atoms with E-state index >= 15 is 0 Å². The summed E-state index contributed by atoms with van der Waals surface area (Å²) in [5, 5.41) is 0. The van der Waals surface area contributed by atoms with Crippen molar-refractivity contribution in [3.05, 3.63) is 52.6 Å². The van der Waals surface area contributed by atoms with Gasteiger partial charge in [-0.1, -0.05) is 6.07 Å². The fraction of sp³-hybridized carbons (Fsp3) is 0.353. The van der Waals surface area contributed by atoms with Crippen LogP contribution >= 0.6 is 0 Å². The zero-order chi connectivity index (χ0) is 15.1. The van der Waals surface area contributed by atoms with Gasteiger partial charge < -0.3 is 9.47 Å². The Balaban J connectivity index is 1.84. The number of aromatic nitrogens is 1. The lowest BCUT2D eigenvalue weighted by molar-refractivity contribution is 0.0999. The highest BCUT2D eigenvalue weighted by Crippen LogP contribution is 2.29. The van der Waals surface area contributed by atoms with Gasteiger partial charge in [-0.15, -0.1) is 0 Å². The van der Waals surface area contributed by atoms with Crippen LogP contribution in [0.25, 0.3) is 0 Å². The number of ketones is 1. The maximum atomic E-state index is 13.4. The van der Waals surface area contributed by atoms with Gasteiger partial charge in [0.15, 0.2) is 5.78 Å². The molecule has 1 aliphatic rings. The number of nitrogens with zero attached hydrogens (tertiary/aromatic N) is 2. The molecule has 0 N–H and O–H groups in total. The molecular formula is C17H19FN2O. The van der Waals surface area contributed by atoms with Crippen LogP contribution in [0.5, 0.6) is 0 Å². The van der Waals surface area contributed by atoms with Crippen LogP contribution in [0, 0.1) is 19.7 Å². The summed E-state index contributed by atoms with van der Waals surface area (Å²) in [5.41, 5.74) is 4.79. The van der Waals surface area contributed by atoms with Crippen molar-refractivity contribution in [1.29, 1.82) is 0 Å². The van der Waals surface area contributed by atoms with Gasteiger partial charge in [0.25, 0.3) is 0 Å². The molecular weight excluding hydrogens is 267 g/mol. The van der Waals surface area contributed by atoms with Gasteiger partial charge in [-0.3, -0.25) is 4.79 Å². The van der Waals surface area contributed by atoms with E-state index in [-0.39, 0.29) is 11.6 Å². The SMILES string of the molecule is Cc1cc(C(=O)CN2CCc3ccc(F)cc32)c(C)n1C. The lowest BCUT2D eigenvalue weighted by Gasteiger charge is -2.18. The van der Waals surface area contributed by atoms with Crippen molar-refractivity contribution in [3.63, 3.8) is 0 Å². The molecule has 0 radical (unpaired) electrons. The molecule has 0 unspecified atom stereocenters. The predicted molar refractivity (Wildman–Crippen MR) is 81.5 cm³/mol. The third-order valence-electron chi connectivity index (χ3n) is 4.45. The zero-order valence-corrected chi connectivity index (χ0v) is 12.6. The molecule has 0 fully saturated rings. The molecule has 0 saturated carbocycles. The van der Waals surface area contributed by atoms with E-state index in [1.807, 2.05) is 42.5 Å². The molecule has 1 aromatic carbocycles. The maximum Gasteiger partial charge on any atom is 0.183 e. The zero-order valence-electron chi connectivity index (χ0n) is 12.6. The van der Waals surface area contributed by atoms with Gasteiger partial charge in [-0.25, -0.2) is 4.39 Å². The minimum absolute atomic E-state index is 0.0910. The Morgan fingerprint density at radius 1 is 1.29 bits per heavy atom. The number of hydrogen-bond acceptors (Lipinski definition) is 2. The summed E-state index contributed by atoms with van der Waals surface area (Å²) in [5.74, 6) is -0.159. The fourth-order valence-corrected chi connectivity index (χ4v) is 2.98. The third kappa shape index (κ3) is 2.35. The van der Waals surface area contributed by atoms with Crippen LogP contribution in [0.15, 0.2) is 24.3 Å². The summed E-state index contributed by atoms with van der Waals surface area (Å²) >= 11 is 0. The first kappa shape index (κ1) is 13.9. The Labute approximate surface area is 124 Å². The van der Waals surface area contributed by atoms with Crippen LogP contribution in [0.2, 0.25) is 0 Å². The fourth-order valence-electron chi connectivity index (χ4n) is 2.98. The van der Waals surface area contributed by atoms with Crippen molar-refractivity contribution < 1.29 is 9.18 Å². The standard InChI is InChI=1S/C17H19FN2O/c1-11-8-15(12(2)19(11)3)17(21)10-20-7-6-13-4-5-14(18)9-16(13)20/h4-5,8-9H,6-7,10H2,1-3H3. The van der Waals surface area contributed by atoms with Gasteiger partial charge in [-0.2, -0.15) is 0 Å². The van der Waals surface area contributed by atoms with E-state index in [9.17, 15) is 9.18 Å². The van der Waals surface area contributed by atoms with E-state index < -0.39 is 0 Å². The molecule has 3 rings (SSSR count). The molecule has 0 atom stereocenters. The van der Waals surface area contributed by atoms with Gasteiger partial charge in [0.2, 0.25) is 0 Å². The Kier molecular flexibility index (Phi) is 3.32. The number of fused-ring (bicyclic) bond motifs is 1. The average molecular weight is 286 g/mol. The van der Waals surface area contributed by atoms with Crippen LogP contribution in [0.4, 0.5) is 10.1 Å². The van der Waals surface area contributed by atoms with E-state index in [4.69, 9.17) is 0 Å². The lowest BCUT2D eigenvalue weighted by Crippen LogP contribution is -2.28. The van der Waals surface area contributed by atoms with E-state index in [1.165, 1.54) is 12.1 Å². The Bertz CT molecular complexity index is 718. The van der Waals surface area contributed by atoms with Gasteiger partial charge in [-0.05, 0) is 44.0 Å². The average Bonchev–Trinajstić information content (AvgIpc) is 2.95. The Morgan fingerprint density at radius 3 is 2.71 bits per heavy atom. The number of carbonyl (C=O) groups is 1. The molecule has 0 bridgehead atoms. The first-order valence-electron chi connectivity index (χ1n) is 7.17.